The maximum atomic E-state index is 12.5. The van der Waals surface area contributed by atoms with E-state index in [1.165, 1.54) is 135 Å². The van der Waals surface area contributed by atoms with Crippen LogP contribution in [0.5, 0.6) is 0 Å². The SMILES string of the molecule is CCC.CCC.CCC.CCC.CCC.CCC.CCC.CCCCCCCCC(CCCCCCCC)OC(=O)CCCCCCCN(CC)CCOC(C)=O.O. The number of esters is 2. The van der Waals surface area contributed by atoms with Gasteiger partial charge in [0.2, 0.25) is 0 Å². The summed E-state index contributed by atoms with van der Waals surface area (Å²) in [6.45, 7) is 41.2. The van der Waals surface area contributed by atoms with Gasteiger partial charge in [-0.05, 0) is 51.6 Å². The monoisotopic (exact) mass is 838 g/mol. The molecule has 0 fully saturated rings. The number of nitrogens with zero attached hydrogens (tertiary/aromatic N) is 1. The van der Waals surface area contributed by atoms with Crippen molar-refractivity contribution in [3.8, 4) is 0 Å². The maximum absolute atomic E-state index is 12.5. The van der Waals surface area contributed by atoms with Gasteiger partial charge in [-0.25, -0.2) is 0 Å². The molecule has 6 nitrogen and oxygen atoms in total. The quantitative estimate of drug-likeness (QED) is 0.0607. The first-order valence-electron chi connectivity index (χ1n) is 25.5. The third-order valence-corrected chi connectivity index (χ3v) is 7.07. The summed E-state index contributed by atoms with van der Waals surface area (Å²) in [4.78, 5) is 25.7. The minimum atomic E-state index is -0.208. The molecule has 58 heavy (non-hydrogen) atoms. The third kappa shape index (κ3) is 117. The van der Waals surface area contributed by atoms with Gasteiger partial charge in [0.1, 0.15) is 12.7 Å². The van der Waals surface area contributed by atoms with Gasteiger partial charge < -0.3 is 19.8 Å². The van der Waals surface area contributed by atoms with Crippen molar-refractivity contribution in [2.24, 2.45) is 0 Å². The maximum Gasteiger partial charge on any atom is 0.306 e. The average molecular weight is 839 g/mol. The van der Waals surface area contributed by atoms with E-state index in [1.54, 1.807) is 0 Å². The molecule has 0 bridgehead atoms. The zero-order valence-electron chi connectivity index (χ0n) is 44.1. The summed E-state index contributed by atoms with van der Waals surface area (Å²) in [7, 11) is 0. The topological polar surface area (TPSA) is 87.3 Å². The van der Waals surface area contributed by atoms with Gasteiger partial charge >= 0.3 is 11.9 Å². The van der Waals surface area contributed by atoms with Gasteiger partial charge in [0.05, 0.1) is 0 Å². The molecule has 0 aliphatic carbocycles. The van der Waals surface area contributed by atoms with Crippen LogP contribution in [0, 0.1) is 0 Å². The highest BCUT2D eigenvalue weighted by Gasteiger charge is 2.14. The number of hydrogen-bond acceptors (Lipinski definition) is 5. The molecule has 6 heteroatoms. The second kappa shape index (κ2) is 87.4. The van der Waals surface area contributed by atoms with Crippen LogP contribution in [0.3, 0.4) is 0 Å². The summed E-state index contributed by atoms with van der Waals surface area (Å²) < 4.78 is 11.0. The largest absolute Gasteiger partial charge is 0.465 e. The van der Waals surface area contributed by atoms with Crippen molar-refractivity contribution in [2.75, 3.05) is 26.2 Å². The molecular formula is C52H119NO5. The number of carbonyl (C=O) groups excluding carboxylic acids is 2. The van der Waals surface area contributed by atoms with Gasteiger partial charge in [-0.1, -0.05) is 246 Å². The van der Waals surface area contributed by atoms with E-state index in [-0.39, 0.29) is 23.5 Å². The normalized spacial score (nSPS) is 9.24. The lowest BCUT2D eigenvalue weighted by Crippen LogP contribution is -2.29. The van der Waals surface area contributed by atoms with Gasteiger partial charge in [0.15, 0.2) is 0 Å². The first-order valence-corrected chi connectivity index (χ1v) is 25.5. The molecule has 0 aliphatic heterocycles. The van der Waals surface area contributed by atoms with Crippen LogP contribution in [-0.4, -0.2) is 54.7 Å². The Balaban J connectivity index is -0.000000129. The molecular weight excluding hydrogens is 719 g/mol. The molecule has 0 amide bonds. The fourth-order valence-corrected chi connectivity index (χ4v) is 4.69. The Bertz CT molecular complexity index is 567. The number of rotatable bonds is 27. The first-order chi connectivity index (χ1) is 27.4. The predicted octanol–water partition coefficient (Wildman–Crippen LogP) is 17.7. The van der Waals surface area contributed by atoms with Crippen LogP contribution < -0.4 is 0 Å². The van der Waals surface area contributed by atoms with Crippen LogP contribution in [0.2, 0.25) is 0 Å². The van der Waals surface area contributed by atoms with Gasteiger partial charge in [-0.3, -0.25) is 9.59 Å². The Hall–Kier alpha value is -1.14. The van der Waals surface area contributed by atoms with Gasteiger partial charge in [-0.2, -0.15) is 0 Å². The van der Waals surface area contributed by atoms with Gasteiger partial charge in [0, 0.05) is 19.9 Å². The molecule has 0 aromatic carbocycles. The molecule has 0 aliphatic rings. The van der Waals surface area contributed by atoms with E-state index in [1.807, 2.05) is 0 Å². The lowest BCUT2D eigenvalue weighted by Gasteiger charge is -2.19. The molecule has 0 spiro atoms. The van der Waals surface area contributed by atoms with Crippen LogP contribution in [0.1, 0.15) is 298 Å². The highest BCUT2D eigenvalue weighted by atomic mass is 16.5. The van der Waals surface area contributed by atoms with E-state index in [9.17, 15) is 9.59 Å². The summed E-state index contributed by atoms with van der Waals surface area (Å²) in [5.74, 6) is -0.194. The number of ether oxygens (including phenoxy) is 2. The van der Waals surface area contributed by atoms with Gasteiger partial charge in [0.25, 0.3) is 0 Å². The molecule has 0 heterocycles. The Labute approximate surface area is 370 Å². The van der Waals surface area contributed by atoms with E-state index in [2.05, 4.69) is 123 Å². The van der Waals surface area contributed by atoms with E-state index in [0.29, 0.717) is 13.0 Å². The van der Waals surface area contributed by atoms with E-state index >= 15 is 0 Å². The standard InChI is InChI=1S/C31H61NO4.7C3H8.H2O/c1-5-8-10-12-15-19-23-30(24-20-16-13-11-9-6-2)36-31(34)25-21-17-14-18-22-26-32(7-3)27-28-35-29(4)33;7*1-3-2;/h30H,5-28H2,1-4H3;7*3H2,1-2H3;1H2. The van der Waals surface area contributed by atoms with Crippen LogP contribution >= 0.6 is 0 Å². The van der Waals surface area contributed by atoms with Crippen molar-refractivity contribution >= 4 is 11.9 Å². The smallest absolute Gasteiger partial charge is 0.306 e. The molecule has 0 aromatic heterocycles. The highest BCUT2D eigenvalue weighted by molar-refractivity contribution is 5.69. The lowest BCUT2D eigenvalue weighted by molar-refractivity contribution is -0.150. The zero-order valence-corrected chi connectivity index (χ0v) is 44.1. The van der Waals surface area contributed by atoms with Crippen LogP contribution in [0.15, 0.2) is 0 Å². The molecule has 0 rings (SSSR count). The van der Waals surface area contributed by atoms with Crippen molar-refractivity contribution < 1.29 is 24.5 Å². The number of hydrogen-bond donors (Lipinski definition) is 0. The highest BCUT2D eigenvalue weighted by Crippen LogP contribution is 2.18. The Morgan fingerprint density at radius 3 is 1.07 bits per heavy atom. The van der Waals surface area contributed by atoms with Crippen molar-refractivity contribution in [1.82, 2.24) is 4.90 Å². The Morgan fingerprint density at radius 1 is 0.431 bits per heavy atom. The molecule has 0 atom stereocenters. The molecule has 0 saturated heterocycles. The summed E-state index contributed by atoms with van der Waals surface area (Å²) >= 11 is 0. The predicted molar refractivity (Wildman–Crippen MR) is 268 cm³/mol. The van der Waals surface area contributed by atoms with Crippen molar-refractivity contribution in [1.29, 1.82) is 0 Å². The van der Waals surface area contributed by atoms with E-state index in [0.717, 1.165) is 58.2 Å². The second-order valence-corrected chi connectivity index (χ2v) is 15.5. The van der Waals surface area contributed by atoms with Gasteiger partial charge in [-0.15, -0.1) is 0 Å². The van der Waals surface area contributed by atoms with Crippen LogP contribution in [-0.2, 0) is 19.1 Å². The minimum absolute atomic E-state index is 0. The van der Waals surface area contributed by atoms with Crippen LogP contribution in [0.25, 0.3) is 0 Å². The van der Waals surface area contributed by atoms with E-state index < -0.39 is 0 Å². The third-order valence-electron chi connectivity index (χ3n) is 7.07. The van der Waals surface area contributed by atoms with Crippen molar-refractivity contribution in [3.05, 3.63) is 0 Å². The molecule has 362 valence electrons. The number of unbranched alkanes of at least 4 members (excludes halogenated alkanes) is 14. The van der Waals surface area contributed by atoms with E-state index in [4.69, 9.17) is 9.47 Å². The number of likely N-dealkylation sites (N-methyl/N-ethyl adjacent to an activating group) is 1. The fourth-order valence-electron chi connectivity index (χ4n) is 4.69. The second-order valence-electron chi connectivity index (χ2n) is 15.5. The molecule has 0 saturated carbocycles. The van der Waals surface area contributed by atoms with Crippen molar-refractivity contribution in [2.45, 2.75) is 304 Å². The molecule has 0 radical (unpaired) electrons. The zero-order chi connectivity index (χ0) is 45.6. The molecule has 2 N–H and O–H groups in total. The summed E-state index contributed by atoms with van der Waals surface area (Å²) in [5, 5.41) is 0. The fraction of sp³-hybridized carbons (Fsp3) is 0.962. The average Bonchev–Trinajstić information content (AvgIpc) is 3.15. The van der Waals surface area contributed by atoms with Crippen LogP contribution in [0.4, 0.5) is 0 Å². The summed E-state index contributed by atoms with van der Waals surface area (Å²) in [5.41, 5.74) is 0. The Morgan fingerprint density at radius 2 is 0.741 bits per heavy atom. The molecule has 0 aromatic rings. The Kier molecular flexibility index (Phi) is 117. The summed E-state index contributed by atoms with van der Waals surface area (Å²) in [6.07, 6.45) is 32.5. The summed E-state index contributed by atoms with van der Waals surface area (Å²) in [6, 6.07) is 0. The van der Waals surface area contributed by atoms with Crippen molar-refractivity contribution in [3.63, 3.8) is 0 Å². The lowest BCUT2D eigenvalue weighted by atomic mass is 10.0. The molecule has 0 unspecified atom stereocenters. The number of carbonyl (C=O) groups is 2. The minimum Gasteiger partial charge on any atom is -0.465 e. The first kappa shape index (κ1) is 77.5.